The van der Waals surface area contributed by atoms with Crippen molar-refractivity contribution in [2.24, 2.45) is 5.73 Å². The van der Waals surface area contributed by atoms with Gasteiger partial charge in [0, 0.05) is 25.6 Å². The minimum Gasteiger partial charge on any atom is -0.391 e. The fraction of sp³-hybridized carbons (Fsp3) is 0.500. The van der Waals surface area contributed by atoms with E-state index in [1.54, 1.807) is 16.8 Å². The third-order valence-corrected chi connectivity index (χ3v) is 6.02. The summed E-state index contributed by atoms with van der Waals surface area (Å²) in [5.41, 5.74) is 6.25. The maximum atomic E-state index is 14.9. The van der Waals surface area contributed by atoms with Gasteiger partial charge >= 0.3 is 0 Å². The van der Waals surface area contributed by atoms with Crippen molar-refractivity contribution in [3.8, 4) is 11.4 Å². The van der Waals surface area contributed by atoms with Crippen LogP contribution in [-0.4, -0.2) is 72.7 Å². The molecule has 188 valence electrons. The van der Waals surface area contributed by atoms with Crippen molar-refractivity contribution in [2.45, 2.75) is 64.5 Å². The topological polar surface area (TPSA) is 142 Å². The van der Waals surface area contributed by atoms with Gasteiger partial charge in [0.15, 0.2) is 5.65 Å². The van der Waals surface area contributed by atoms with E-state index in [0.29, 0.717) is 48.1 Å². The number of nitrogens with zero attached hydrogens (tertiary/aromatic N) is 5. The van der Waals surface area contributed by atoms with Crippen LogP contribution in [0.3, 0.4) is 0 Å². The molecule has 1 amide bonds. The van der Waals surface area contributed by atoms with Gasteiger partial charge in [-0.3, -0.25) is 9.78 Å². The highest BCUT2D eigenvalue weighted by Gasteiger charge is 2.30. The van der Waals surface area contributed by atoms with Crippen molar-refractivity contribution in [1.82, 2.24) is 19.6 Å². The molecule has 1 aliphatic heterocycles. The molecule has 0 bridgehead atoms. The van der Waals surface area contributed by atoms with Crippen molar-refractivity contribution in [3.05, 3.63) is 35.7 Å². The summed E-state index contributed by atoms with van der Waals surface area (Å²) in [7, 11) is 0. The van der Waals surface area contributed by atoms with Crippen LogP contribution < -0.4 is 16.0 Å². The van der Waals surface area contributed by atoms with Crippen molar-refractivity contribution < 1.29 is 19.4 Å². The predicted octanol–water partition coefficient (Wildman–Crippen LogP) is 1.93. The lowest BCUT2D eigenvalue weighted by Gasteiger charge is -2.24. The molecule has 3 aromatic heterocycles. The van der Waals surface area contributed by atoms with Crippen molar-refractivity contribution in [2.75, 3.05) is 23.3 Å². The summed E-state index contributed by atoms with van der Waals surface area (Å²) in [5, 5.41) is 28.0. The summed E-state index contributed by atoms with van der Waals surface area (Å²) in [6.07, 6.45) is -0.0867. The van der Waals surface area contributed by atoms with Crippen molar-refractivity contribution in [3.63, 3.8) is 0 Å². The van der Waals surface area contributed by atoms with Crippen LogP contribution in [0.5, 0.6) is 0 Å². The number of β-amino-alcohol motifs (C(OH)–C–C–N with tert-alkyl or cyclic N) is 1. The number of amides is 1. The number of nitrogens with two attached hydrogens (primary N) is 1. The highest BCUT2D eigenvalue weighted by Crippen LogP contribution is 2.30. The average molecular weight is 486 g/mol. The summed E-state index contributed by atoms with van der Waals surface area (Å²) in [4.78, 5) is 23.4. The van der Waals surface area contributed by atoms with E-state index in [9.17, 15) is 19.4 Å². The molecule has 35 heavy (non-hydrogen) atoms. The van der Waals surface area contributed by atoms with E-state index in [0.717, 1.165) is 0 Å². The average Bonchev–Trinajstić information content (AvgIpc) is 3.37. The monoisotopic (exact) mass is 485 g/mol. The number of anilines is 2. The molecule has 0 radical (unpaired) electrons. The number of nitrogens with one attached hydrogen (secondary N) is 1. The summed E-state index contributed by atoms with van der Waals surface area (Å²) < 4.78 is 16.5. The van der Waals surface area contributed by atoms with Crippen LogP contribution in [0, 0.1) is 0 Å². The maximum Gasteiger partial charge on any atom is 0.252 e. The number of carbonyl (C=O) groups is 1. The van der Waals surface area contributed by atoms with Gasteiger partial charge in [0.1, 0.15) is 17.7 Å². The second-order valence-corrected chi connectivity index (χ2v) is 9.86. The van der Waals surface area contributed by atoms with Crippen LogP contribution in [0.2, 0.25) is 0 Å². The smallest absolute Gasteiger partial charge is 0.252 e. The van der Waals surface area contributed by atoms with Gasteiger partial charge in [-0.2, -0.15) is 0 Å². The van der Waals surface area contributed by atoms with E-state index in [1.807, 2.05) is 30.9 Å². The van der Waals surface area contributed by atoms with Gasteiger partial charge < -0.3 is 26.2 Å². The Morgan fingerprint density at radius 3 is 2.71 bits per heavy atom. The molecule has 1 saturated heterocycles. The molecule has 0 aliphatic carbocycles. The number of aliphatic hydroxyl groups is 2. The SMILES string of the molecule is CC(C)Nc1cc(-c2cnc3ccc(N4CC[C@@H](O)C4)nn23)nc(C[C@@H](F)C(C)(C)O)c1C(N)=O. The van der Waals surface area contributed by atoms with Crippen LogP contribution in [0.4, 0.5) is 15.9 Å². The molecule has 4 heterocycles. The summed E-state index contributed by atoms with van der Waals surface area (Å²) in [6.45, 7) is 7.73. The highest BCUT2D eigenvalue weighted by molar-refractivity contribution is 6.00. The van der Waals surface area contributed by atoms with Crippen LogP contribution in [-0.2, 0) is 6.42 Å². The van der Waals surface area contributed by atoms with E-state index < -0.39 is 23.8 Å². The highest BCUT2D eigenvalue weighted by atomic mass is 19.1. The quantitative estimate of drug-likeness (QED) is 0.379. The first-order chi connectivity index (χ1) is 16.4. The fourth-order valence-corrected chi connectivity index (χ4v) is 4.15. The molecular weight excluding hydrogens is 453 g/mol. The molecule has 0 unspecified atom stereocenters. The molecule has 4 rings (SSSR count). The second kappa shape index (κ2) is 9.38. The van der Waals surface area contributed by atoms with E-state index in [1.165, 1.54) is 13.8 Å². The first-order valence-corrected chi connectivity index (χ1v) is 11.7. The number of aromatic nitrogens is 4. The third-order valence-electron chi connectivity index (χ3n) is 6.02. The standard InChI is InChI=1S/C24H32FN7O3/c1-13(2)28-16-9-15(29-17(22(16)23(26)34)10-19(25)24(3,4)35)18-11-27-20-5-6-21(30-32(18)20)31-8-7-14(33)12-31/h5-6,9,11,13-14,19,33,35H,7-8,10,12H2,1-4H3,(H2,26,34)(H,28,29)/t14-,19-/m1/s1. The Balaban J connectivity index is 1.85. The van der Waals surface area contributed by atoms with Gasteiger partial charge in [0.2, 0.25) is 0 Å². The Hall–Kier alpha value is -3.31. The number of hydrogen-bond acceptors (Lipinski definition) is 8. The van der Waals surface area contributed by atoms with Gasteiger partial charge in [-0.25, -0.2) is 13.9 Å². The second-order valence-electron chi connectivity index (χ2n) is 9.86. The van der Waals surface area contributed by atoms with Gasteiger partial charge in [-0.05, 0) is 52.3 Å². The van der Waals surface area contributed by atoms with Gasteiger partial charge in [0.25, 0.3) is 5.91 Å². The molecule has 5 N–H and O–H groups in total. The number of primary amides is 1. The fourth-order valence-electron chi connectivity index (χ4n) is 4.15. The van der Waals surface area contributed by atoms with E-state index in [-0.39, 0.29) is 23.7 Å². The number of aliphatic hydroxyl groups excluding tert-OH is 1. The zero-order chi connectivity index (χ0) is 25.5. The largest absolute Gasteiger partial charge is 0.391 e. The number of halogens is 1. The van der Waals surface area contributed by atoms with Crippen LogP contribution >= 0.6 is 0 Å². The molecule has 3 aromatic rings. The molecule has 0 saturated carbocycles. The first kappa shape index (κ1) is 24.8. The normalized spacial score (nSPS) is 17.4. The van der Waals surface area contributed by atoms with Crippen LogP contribution in [0.25, 0.3) is 17.0 Å². The van der Waals surface area contributed by atoms with Gasteiger partial charge in [0.05, 0.1) is 40.5 Å². The zero-order valence-corrected chi connectivity index (χ0v) is 20.4. The number of fused-ring (bicyclic) bond motifs is 1. The minimum absolute atomic E-state index is 0.0415. The van der Waals surface area contributed by atoms with Crippen LogP contribution in [0.1, 0.15) is 50.2 Å². The number of pyridine rings is 1. The van der Waals surface area contributed by atoms with E-state index in [4.69, 9.17) is 10.8 Å². The molecule has 0 aromatic carbocycles. The number of carbonyl (C=O) groups excluding carboxylic acids is 1. The number of rotatable bonds is 8. The Morgan fingerprint density at radius 2 is 2.11 bits per heavy atom. The number of alkyl halides is 1. The maximum absolute atomic E-state index is 14.9. The summed E-state index contributed by atoms with van der Waals surface area (Å²) in [6, 6.07) is 5.31. The molecule has 2 atom stereocenters. The van der Waals surface area contributed by atoms with Gasteiger partial charge in [-0.15, -0.1) is 5.10 Å². The third kappa shape index (κ3) is 5.20. The molecule has 0 spiro atoms. The molecule has 1 aliphatic rings. The number of imidazole rings is 1. The first-order valence-electron chi connectivity index (χ1n) is 11.7. The molecule has 11 heteroatoms. The van der Waals surface area contributed by atoms with Crippen LogP contribution in [0.15, 0.2) is 24.4 Å². The van der Waals surface area contributed by atoms with Crippen molar-refractivity contribution in [1.29, 1.82) is 0 Å². The molecule has 1 fully saturated rings. The molecular formula is C24H32FN7O3. The predicted molar refractivity (Wildman–Crippen MR) is 131 cm³/mol. The number of hydrogen-bond donors (Lipinski definition) is 4. The lowest BCUT2D eigenvalue weighted by molar-refractivity contribution is -0.00306. The Bertz CT molecular complexity index is 1240. The van der Waals surface area contributed by atoms with Crippen molar-refractivity contribution >= 4 is 23.1 Å². The zero-order valence-electron chi connectivity index (χ0n) is 20.4. The van der Waals surface area contributed by atoms with E-state index >= 15 is 0 Å². The summed E-state index contributed by atoms with van der Waals surface area (Å²) in [5.74, 6) is -0.0510. The Labute approximate surface area is 203 Å². The molecule has 10 nitrogen and oxygen atoms in total. The minimum atomic E-state index is -1.68. The lowest BCUT2D eigenvalue weighted by Crippen LogP contribution is -2.35. The van der Waals surface area contributed by atoms with E-state index in [2.05, 4.69) is 15.3 Å². The Morgan fingerprint density at radius 1 is 1.37 bits per heavy atom. The summed E-state index contributed by atoms with van der Waals surface area (Å²) >= 11 is 0. The lowest BCUT2D eigenvalue weighted by atomic mass is 9.95. The van der Waals surface area contributed by atoms with Gasteiger partial charge in [-0.1, -0.05) is 0 Å². The Kier molecular flexibility index (Phi) is 6.65.